The second-order valence-electron chi connectivity index (χ2n) is 6.31. The number of benzene rings is 2. The van der Waals surface area contributed by atoms with Crippen molar-refractivity contribution in [2.24, 2.45) is 0 Å². The lowest BCUT2D eigenvalue weighted by molar-refractivity contribution is -0.118. The first-order valence-corrected chi connectivity index (χ1v) is 9.81. The van der Waals surface area contributed by atoms with Gasteiger partial charge in [0.25, 0.3) is 0 Å². The fourth-order valence-electron chi connectivity index (χ4n) is 2.97. The van der Waals surface area contributed by atoms with Crippen LogP contribution in [0.5, 0.6) is 0 Å². The van der Waals surface area contributed by atoms with Gasteiger partial charge in [-0.2, -0.15) is 0 Å². The third-order valence-electron chi connectivity index (χ3n) is 4.34. The van der Waals surface area contributed by atoms with Crippen molar-refractivity contribution in [3.8, 4) is 0 Å². The first-order chi connectivity index (χ1) is 13.5. The first kappa shape index (κ1) is 18.5. The molecule has 2 heterocycles. The lowest BCUT2D eigenvalue weighted by Crippen LogP contribution is -2.29. The van der Waals surface area contributed by atoms with Gasteiger partial charge in [-0.15, -0.1) is 11.3 Å². The standard InChI is InChI=1S/C20H16ClN3O3S/c1-12(24-16-7-2-3-8-17(16)27-20(24)26)18(25)23-19-22-11-15(28-19)10-13-5-4-6-14(21)9-13/h2-9,11-12H,10H2,1H3,(H,22,23,25). The summed E-state index contributed by atoms with van der Waals surface area (Å²) in [5, 5.41) is 3.94. The average Bonchev–Trinajstić information content (AvgIpc) is 3.24. The van der Waals surface area contributed by atoms with Crippen molar-refractivity contribution in [3.63, 3.8) is 0 Å². The van der Waals surface area contributed by atoms with Gasteiger partial charge >= 0.3 is 5.76 Å². The van der Waals surface area contributed by atoms with Crippen LogP contribution in [0.4, 0.5) is 5.13 Å². The van der Waals surface area contributed by atoms with E-state index in [4.69, 9.17) is 16.0 Å². The predicted molar refractivity (Wildman–Crippen MR) is 110 cm³/mol. The number of halogens is 1. The van der Waals surface area contributed by atoms with Crippen molar-refractivity contribution in [1.82, 2.24) is 9.55 Å². The van der Waals surface area contributed by atoms with Gasteiger partial charge in [0.05, 0.1) is 5.52 Å². The summed E-state index contributed by atoms with van der Waals surface area (Å²) in [5.74, 6) is -0.901. The minimum absolute atomic E-state index is 0.336. The maximum Gasteiger partial charge on any atom is 0.420 e. The molecular formula is C20H16ClN3O3S. The van der Waals surface area contributed by atoms with Gasteiger partial charge in [0.1, 0.15) is 6.04 Å². The Labute approximate surface area is 169 Å². The van der Waals surface area contributed by atoms with Gasteiger partial charge in [-0.3, -0.25) is 9.36 Å². The Morgan fingerprint density at radius 1 is 1.29 bits per heavy atom. The highest BCUT2D eigenvalue weighted by molar-refractivity contribution is 7.15. The number of fused-ring (bicyclic) bond motifs is 1. The molecule has 0 fully saturated rings. The van der Waals surface area contributed by atoms with Crippen LogP contribution in [0.2, 0.25) is 5.02 Å². The number of anilines is 1. The van der Waals surface area contributed by atoms with Crippen LogP contribution in [-0.2, 0) is 11.2 Å². The number of aromatic nitrogens is 2. The Bertz CT molecular complexity index is 1210. The molecule has 0 aliphatic carbocycles. The molecule has 1 N–H and O–H groups in total. The molecule has 1 amide bonds. The third-order valence-corrected chi connectivity index (χ3v) is 5.48. The van der Waals surface area contributed by atoms with E-state index in [0.29, 0.717) is 27.7 Å². The molecule has 0 aliphatic rings. The van der Waals surface area contributed by atoms with E-state index in [0.717, 1.165) is 10.4 Å². The largest absolute Gasteiger partial charge is 0.420 e. The summed E-state index contributed by atoms with van der Waals surface area (Å²) in [7, 11) is 0. The Kier molecular flexibility index (Phi) is 5.02. The zero-order valence-electron chi connectivity index (χ0n) is 14.9. The number of thiazole rings is 1. The van der Waals surface area contributed by atoms with Gasteiger partial charge in [-0.25, -0.2) is 9.78 Å². The van der Waals surface area contributed by atoms with Crippen molar-refractivity contribution < 1.29 is 9.21 Å². The lowest BCUT2D eigenvalue weighted by Gasteiger charge is -2.11. The number of carbonyl (C=O) groups is 1. The second kappa shape index (κ2) is 7.61. The van der Waals surface area contributed by atoms with E-state index in [9.17, 15) is 9.59 Å². The number of hydrogen-bond donors (Lipinski definition) is 1. The molecule has 2 aromatic heterocycles. The van der Waals surface area contributed by atoms with Crippen LogP contribution in [0.1, 0.15) is 23.4 Å². The maximum absolute atomic E-state index is 12.7. The first-order valence-electron chi connectivity index (χ1n) is 8.61. The Hall–Kier alpha value is -2.90. The monoisotopic (exact) mass is 413 g/mol. The number of nitrogens with one attached hydrogen (secondary N) is 1. The van der Waals surface area contributed by atoms with E-state index < -0.39 is 11.8 Å². The van der Waals surface area contributed by atoms with Crippen molar-refractivity contribution in [1.29, 1.82) is 0 Å². The molecule has 28 heavy (non-hydrogen) atoms. The van der Waals surface area contributed by atoms with Crippen LogP contribution in [0.25, 0.3) is 11.1 Å². The smallest absolute Gasteiger partial charge is 0.408 e. The number of carbonyl (C=O) groups excluding carboxylic acids is 1. The molecule has 0 radical (unpaired) electrons. The highest BCUT2D eigenvalue weighted by Gasteiger charge is 2.22. The molecule has 0 saturated carbocycles. The summed E-state index contributed by atoms with van der Waals surface area (Å²) < 4.78 is 6.54. The quantitative estimate of drug-likeness (QED) is 0.522. The Morgan fingerprint density at radius 2 is 2.11 bits per heavy atom. The van der Waals surface area contributed by atoms with Crippen LogP contribution in [0.3, 0.4) is 0 Å². The van der Waals surface area contributed by atoms with E-state index >= 15 is 0 Å². The molecule has 4 rings (SSSR count). The van der Waals surface area contributed by atoms with Crippen molar-refractivity contribution in [2.45, 2.75) is 19.4 Å². The summed E-state index contributed by atoms with van der Waals surface area (Å²) in [6.07, 6.45) is 2.40. The molecule has 6 nitrogen and oxygen atoms in total. The van der Waals surface area contributed by atoms with E-state index in [-0.39, 0.29) is 5.91 Å². The van der Waals surface area contributed by atoms with E-state index in [1.165, 1.54) is 15.9 Å². The van der Waals surface area contributed by atoms with Crippen LogP contribution in [0.15, 0.2) is 63.9 Å². The average molecular weight is 414 g/mol. The van der Waals surface area contributed by atoms with Gasteiger partial charge in [0.15, 0.2) is 10.7 Å². The second-order valence-corrected chi connectivity index (χ2v) is 7.86. The van der Waals surface area contributed by atoms with Crippen LogP contribution in [-0.4, -0.2) is 15.5 Å². The molecule has 0 aliphatic heterocycles. The third kappa shape index (κ3) is 3.72. The van der Waals surface area contributed by atoms with Crippen molar-refractivity contribution in [2.75, 3.05) is 5.32 Å². The number of rotatable bonds is 5. The molecule has 8 heteroatoms. The van der Waals surface area contributed by atoms with E-state index in [2.05, 4.69) is 10.3 Å². The molecule has 142 valence electrons. The number of nitrogens with zero attached hydrogens (tertiary/aromatic N) is 2. The van der Waals surface area contributed by atoms with Gasteiger partial charge in [-0.05, 0) is 36.8 Å². The molecule has 0 saturated heterocycles. The summed E-state index contributed by atoms with van der Waals surface area (Å²) in [4.78, 5) is 30.1. The predicted octanol–water partition coefficient (Wildman–Crippen LogP) is 4.49. The van der Waals surface area contributed by atoms with Gasteiger partial charge < -0.3 is 9.73 Å². The van der Waals surface area contributed by atoms with Crippen molar-refractivity contribution in [3.05, 3.63) is 80.7 Å². The van der Waals surface area contributed by atoms with E-state index in [1.54, 1.807) is 37.4 Å². The number of amides is 1. The topological polar surface area (TPSA) is 77.1 Å². The Morgan fingerprint density at radius 3 is 2.93 bits per heavy atom. The molecule has 2 aromatic carbocycles. The van der Waals surface area contributed by atoms with Gasteiger partial charge in [-0.1, -0.05) is 35.9 Å². The summed E-state index contributed by atoms with van der Waals surface area (Å²) in [6.45, 7) is 1.65. The van der Waals surface area contributed by atoms with E-state index in [1.807, 2.05) is 24.3 Å². The highest BCUT2D eigenvalue weighted by Crippen LogP contribution is 2.24. The fraction of sp³-hybridized carbons (Fsp3) is 0.150. The maximum atomic E-state index is 12.7. The summed E-state index contributed by atoms with van der Waals surface area (Å²) in [5.41, 5.74) is 2.10. The SMILES string of the molecule is CC(C(=O)Nc1ncc(Cc2cccc(Cl)c2)s1)n1c(=O)oc2ccccc21. The number of para-hydroxylation sites is 2. The number of hydrogen-bond acceptors (Lipinski definition) is 5. The zero-order chi connectivity index (χ0) is 19.7. The molecular weight excluding hydrogens is 398 g/mol. The lowest BCUT2D eigenvalue weighted by atomic mass is 10.1. The molecule has 0 bridgehead atoms. The normalized spacial score (nSPS) is 12.2. The number of oxazole rings is 1. The zero-order valence-corrected chi connectivity index (χ0v) is 16.5. The minimum Gasteiger partial charge on any atom is -0.408 e. The fourth-order valence-corrected chi connectivity index (χ4v) is 4.04. The molecule has 1 unspecified atom stereocenters. The minimum atomic E-state index is -0.739. The van der Waals surface area contributed by atoms with Crippen LogP contribution >= 0.6 is 22.9 Å². The molecule has 0 spiro atoms. The Balaban J connectivity index is 1.50. The van der Waals surface area contributed by atoms with Crippen LogP contribution in [0, 0.1) is 0 Å². The molecule has 4 aromatic rings. The molecule has 1 atom stereocenters. The summed E-state index contributed by atoms with van der Waals surface area (Å²) in [6, 6.07) is 13.9. The highest BCUT2D eigenvalue weighted by atomic mass is 35.5. The summed E-state index contributed by atoms with van der Waals surface area (Å²) >= 11 is 7.41. The van der Waals surface area contributed by atoms with Crippen molar-refractivity contribution >= 4 is 45.1 Å². The van der Waals surface area contributed by atoms with Gasteiger partial charge in [0, 0.05) is 22.5 Å². The van der Waals surface area contributed by atoms with Crippen LogP contribution < -0.4 is 11.1 Å². The van der Waals surface area contributed by atoms with Gasteiger partial charge in [0.2, 0.25) is 5.91 Å².